The Bertz CT molecular complexity index is 398. The summed E-state index contributed by atoms with van der Waals surface area (Å²) < 4.78 is 9.80. The van der Waals surface area contributed by atoms with Gasteiger partial charge in [-0.1, -0.05) is 6.08 Å². The van der Waals surface area contributed by atoms with Crippen molar-refractivity contribution >= 4 is 5.97 Å². The summed E-state index contributed by atoms with van der Waals surface area (Å²) in [7, 11) is 1.31. The standard InChI is InChI=1S/C12H16O5/c1-12-7(5-13)3-4-9(12)8(10(14)16-2)6-17-11(12)15/h3,6,9,11,13,15H,4-5H2,1-2H3/t9?,11-,12?/m1/s1. The lowest BCUT2D eigenvalue weighted by Gasteiger charge is -2.41. The number of methoxy groups -OCH3 is 1. The normalized spacial score (nSPS) is 35.5. The molecular formula is C12H16O5. The maximum Gasteiger partial charge on any atom is 0.337 e. The van der Waals surface area contributed by atoms with E-state index in [-0.39, 0.29) is 12.5 Å². The second-order valence-electron chi connectivity index (χ2n) is 4.51. The molecule has 0 aromatic carbocycles. The predicted octanol–water partition coefficient (Wildman–Crippen LogP) is 0.337. The van der Waals surface area contributed by atoms with Gasteiger partial charge in [-0.25, -0.2) is 4.79 Å². The Kier molecular flexibility index (Phi) is 2.97. The maximum absolute atomic E-state index is 11.6. The molecule has 0 saturated heterocycles. The Hall–Kier alpha value is -1.33. The highest BCUT2D eigenvalue weighted by atomic mass is 16.6. The molecule has 5 heteroatoms. The second kappa shape index (κ2) is 4.16. The fourth-order valence-electron chi connectivity index (χ4n) is 2.63. The van der Waals surface area contributed by atoms with Crippen LogP contribution in [0.4, 0.5) is 0 Å². The number of hydrogen-bond acceptors (Lipinski definition) is 5. The smallest absolute Gasteiger partial charge is 0.337 e. The van der Waals surface area contributed by atoms with Crippen LogP contribution in [0.2, 0.25) is 0 Å². The Morgan fingerprint density at radius 2 is 2.41 bits per heavy atom. The molecule has 17 heavy (non-hydrogen) atoms. The zero-order chi connectivity index (χ0) is 12.6. The van der Waals surface area contributed by atoms with Crippen LogP contribution in [0.25, 0.3) is 0 Å². The third-order valence-corrected chi connectivity index (χ3v) is 3.82. The first kappa shape index (κ1) is 12.1. The van der Waals surface area contributed by atoms with E-state index < -0.39 is 17.7 Å². The van der Waals surface area contributed by atoms with Gasteiger partial charge in [-0.3, -0.25) is 0 Å². The Labute approximate surface area is 99.3 Å². The van der Waals surface area contributed by atoms with Gasteiger partial charge in [0.2, 0.25) is 6.29 Å². The fraction of sp³-hybridized carbons (Fsp3) is 0.583. The van der Waals surface area contributed by atoms with Crippen LogP contribution in [0, 0.1) is 11.3 Å². The van der Waals surface area contributed by atoms with Gasteiger partial charge in [0, 0.05) is 5.92 Å². The van der Waals surface area contributed by atoms with E-state index in [1.807, 2.05) is 6.08 Å². The van der Waals surface area contributed by atoms with Gasteiger partial charge in [0.15, 0.2) is 0 Å². The third-order valence-electron chi connectivity index (χ3n) is 3.82. The second-order valence-corrected chi connectivity index (χ2v) is 4.51. The van der Waals surface area contributed by atoms with Crippen LogP contribution >= 0.6 is 0 Å². The number of fused-ring (bicyclic) bond motifs is 1. The summed E-state index contributed by atoms with van der Waals surface area (Å²) in [6.45, 7) is 1.63. The van der Waals surface area contributed by atoms with Crippen molar-refractivity contribution < 1.29 is 24.5 Å². The maximum atomic E-state index is 11.6. The highest BCUT2D eigenvalue weighted by Crippen LogP contribution is 2.52. The predicted molar refractivity (Wildman–Crippen MR) is 58.6 cm³/mol. The zero-order valence-electron chi connectivity index (χ0n) is 9.84. The number of carbonyl (C=O) groups is 1. The van der Waals surface area contributed by atoms with Gasteiger partial charge >= 0.3 is 5.97 Å². The molecule has 5 nitrogen and oxygen atoms in total. The van der Waals surface area contributed by atoms with Crippen molar-refractivity contribution in [2.75, 3.05) is 13.7 Å². The first-order valence-electron chi connectivity index (χ1n) is 5.48. The molecule has 2 aliphatic rings. The fourth-order valence-corrected chi connectivity index (χ4v) is 2.63. The number of ether oxygens (including phenoxy) is 2. The molecule has 0 amide bonds. The van der Waals surface area contributed by atoms with E-state index in [0.717, 1.165) is 0 Å². The van der Waals surface area contributed by atoms with Crippen LogP contribution in [0.3, 0.4) is 0 Å². The van der Waals surface area contributed by atoms with Gasteiger partial charge in [-0.2, -0.15) is 0 Å². The quantitative estimate of drug-likeness (QED) is 0.537. The highest BCUT2D eigenvalue weighted by molar-refractivity contribution is 5.89. The highest BCUT2D eigenvalue weighted by Gasteiger charge is 2.53. The zero-order valence-corrected chi connectivity index (χ0v) is 9.84. The van der Waals surface area contributed by atoms with Gasteiger partial charge in [-0.15, -0.1) is 0 Å². The minimum absolute atomic E-state index is 0.151. The molecular weight excluding hydrogens is 224 g/mol. The molecule has 2 unspecified atom stereocenters. The van der Waals surface area contributed by atoms with Crippen LogP contribution in [0.15, 0.2) is 23.5 Å². The van der Waals surface area contributed by atoms with Gasteiger partial charge in [-0.05, 0) is 18.9 Å². The number of aliphatic hydroxyl groups excluding tert-OH is 2. The van der Waals surface area contributed by atoms with Crippen molar-refractivity contribution in [3.63, 3.8) is 0 Å². The Morgan fingerprint density at radius 3 is 3.00 bits per heavy atom. The van der Waals surface area contributed by atoms with Crippen LogP contribution in [-0.2, 0) is 14.3 Å². The van der Waals surface area contributed by atoms with Crippen LogP contribution in [-0.4, -0.2) is 36.2 Å². The first-order valence-corrected chi connectivity index (χ1v) is 5.48. The molecule has 0 radical (unpaired) electrons. The molecule has 1 heterocycles. The Balaban J connectivity index is 2.38. The van der Waals surface area contributed by atoms with E-state index in [2.05, 4.69) is 0 Å². The van der Waals surface area contributed by atoms with Gasteiger partial charge in [0.1, 0.15) is 0 Å². The summed E-state index contributed by atoms with van der Waals surface area (Å²) >= 11 is 0. The molecule has 0 fully saturated rings. The van der Waals surface area contributed by atoms with Gasteiger partial charge in [0.25, 0.3) is 0 Å². The molecule has 2 N–H and O–H groups in total. The summed E-state index contributed by atoms with van der Waals surface area (Å²) in [5, 5.41) is 19.2. The summed E-state index contributed by atoms with van der Waals surface area (Å²) in [6.07, 6.45) is 2.64. The number of rotatable bonds is 2. The molecule has 0 aromatic heterocycles. The van der Waals surface area contributed by atoms with Crippen molar-refractivity contribution in [2.24, 2.45) is 11.3 Å². The minimum atomic E-state index is -1.05. The number of aliphatic hydroxyl groups is 2. The average Bonchev–Trinajstić information content (AvgIpc) is 2.68. The molecule has 0 aromatic rings. The van der Waals surface area contributed by atoms with Crippen molar-refractivity contribution in [3.05, 3.63) is 23.5 Å². The van der Waals surface area contributed by atoms with Gasteiger partial charge in [0.05, 0.1) is 31.0 Å². The third kappa shape index (κ3) is 1.57. The van der Waals surface area contributed by atoms with E-state index in [4.69, 9.17) is 9.47 Å². The molecule has 1 aliphatic heterocycles. The number of carbonyl (C=O) groups excluding carboxylic acids is 1. The molecule has 0 saturated carbocycles. The van der Waals surface area contributed by atoms with E-state index in [9.17, 15) is 15.0 Å². The minimum Gasteiger partial charge on any atom is -0.471 e. The average molecular weight is 240 g/mol. The van der Waals surface area contributed by atoms with Crippen LogP contribution in [0.1, 0.15) is 13.3 Å². The van der Waals surface area contributed by atoms with E-state index in [1.54, 1.807) is 6.92 Å². The number of allylic oxidation sites excluding steroid dienone is 1. The largest absolute Gasteiger partial charge is 0.471 e. The lowest BCUT2D eigenvalue weighted by atomic mass is 9.70. The van der Waals surface area contributed by atoms with Gasteiger partial charge < -0.3 is 19.7 Å². The van der Waals surface area contributed by atoms with Crippen LogP contribution in [0.5, 0.6) is 0 Å². The van der Waals surface area contributed by atoms with E-state index >= 15 is 0 Å². The molecule has 2 rings (SSSR count). The molecule has 94 valence electrons. The molecule has 1 aliphatic carbocycles. The van der Waals surface area contributed by atoms with Crippen molar-refractivity contribution in [1.82, 2.24) is 0 Å². The van der Waals surface area contributed by atoms with Crippen molar-refractivity contribution in [2.45, 2.75) is 19.6 Å². The molecule has 3 atom stereocenters. The van der Waals surface area contributed by atoms with Crippen molar-refractivity contribution in [3.8, 4) is 0 Å². The van der Waals surface area contributed by atoms with Crippen molar-refractivity contribution in [1.29, 1.82) is 0 Å². The summed E-state index contributed by atoms with van der Waals surface area (Å²) in [5.41, 5.74) is 0.344. The topological polar surface area (TPSA) is 76.0 Å². The van der Waals surface area contributed by atoms with E-state index in [1.165, 1.54) is 13.4 Å². The summed E-state index contributed by atoms with van der Waals surface area (Å²) in [6, 6.07) is 0. The molecule has 0 bridgehead atoms. The lowest BCUT2D eigenvalue weighted by molar-refractivity contribution is -0.156. The SMILES string of the molecule is COC(=O)C1=CO[C@@H](O)C2(C)C(CO)=CCC12. The molecule has 0 spiro atoms. The lowest BCUT2D eigenvalue weighted by Crippen LogP contribution is -2.44. The number of esters is 1. The summed E-state index contributed by atoms with van der Waals surface area (Å²) in [4.78, 5) is 11.6. The van der Waals surface area contributed by atoms with E-state index in [0.29, 0.717) is 17.6 Å². The monoisotopic (exact) mass is 240 g/mol. The summed E-state index contributed by atoms with van der Waals surface area (Å²) in [5.74, 6) is -0.665. The Morgan fingerprint density at radius 1 is 1.71 bits per heavy atom. The van der Waals surface area contributed by atoms with Crippen LogP contribution < -0.4 is 0 Å². The first-order chi connectivity index (χ1) is 8.05. The number of hydrogen-bond donors (Lipinski definition) is 2.